The topological polar surface area (TPSA) is 65.6 Å². The molecule has 0 aliphatic rings. The van der Waals surface area contributed by atoms with Gasteiger partial charge in [0, 0.05) is 12.1 Å². The number of carbonyl (C=O) groups excluding carboxylic acids is 1. The van der Waals surface area contributed by atoms with Crippen LogP contribution in [0.4, 0.5) is 0 Å². The molecule has 0 amide bonds. The second-order valence-electron chi connectivity index (χ2n) is 5.31. The largest absolute Gasteiger partial charge is 0.854 e. The molecule has 124 valence electrons. The number of methoxy groups -OCH3 is 1. The Morgan fingerprint density at radius 3 is 2.08 bits per heavy atom. The normalized spacial score (nSPS) is 11.2. The molecule has 0 spiro atoms. The second kappa shape index (κ2) is 7.40. The first-order chi connectivity index (χ1) is 12.2. The van der Waals surface area contributed by atoms with Gasteiger partial charge in [-0.25, -0.2) is 4.79 Å². The van der Waals surface area contributed by atoms with Gasteiger partial charge in [0.1, 0.15) is 0 Å². The van der Waals surface area contributed by atoms with E-state index in [-0.39, 0.29) is 11.9 Å². The van der Waals surface area contributed by atoms with Gasteiger partial charge in [0.15, 0.2) is 0 Å². The van der Waals surface area contributed by atoms with Gasteiger partial charge in [-0.3, -0.25) is 0 Å². The van der Waals surface area contributed by atoms with E-state index < -0.39 is 0 Å². The Bertz CT molecular complexity index is 886. The molecule has 0 saturated heterocycles. The number of carbonyl (C=O) groups is 1. The van der Waals surface area contributed by atoms with Gasteiger partial charge in [0.25, 0.3) is 0 Å². The Kier molecular flexibility index (Phi) is 4.85. The van der Waals surface area contributed by atoms with Crippen molar-refractivity contribution in [1.82, 2.24) is 0 Å². The lowest BCUT2D eigenvalue weighted by Crippen LogP contribution is -2.33. The van der Waals surface area contributed by atoms with Crippen LogP contribution in [0.5, 0.6) is 0 Å². The molecule has 1 aromatic heterocycles. The van der Waals surface area contributed by atoms with Crippen molar-refractivity contribution < 1.29 is 19.3 Å². The lowest BCUT2D eigenvalue weighted by Gasteiger charge is -2.06. The molecule has 2 aromatic carbocycles. The van der Waals surface area contributed by atoms with E-state index in [0.717, 1.165) is 11.1 Å². The molecule has 0 aliphatic heterocycles. The number of ether oxygens (including phenoxy) is 1. The van der Waals surface area contributed by atoms with Crippen LogP contribution in [0.15, 0.2) is 84.2 Å². The van der Waals surface area contributed by atoms with Crippen molar-refractivity contribution >= 4 is 11.9 Å². The van der Waals surface area contributed by atoms with E-state index in [9.17, 15) is 9.90 Å². The number of rotatable bonds is 4. The van der Waals surface area contributed by atoms with Gasteiger partial charge in [0.05, 0.1) is 18.6 Å². The van der Waals surface area contributed by atoms with Gasteiger partial charge in [-0.1, -0.05) is 47.1 Å². The average Bonchev–Trinajstić information content (AvgIpc) is 2.69. The first-order valence-corrected chi connectivity index (χ1v) is 7.69. The zero-order valence-electron chi connectivity index (χ0n) is 13.6. The molecule has 3 rings (SSSR count). The summed E-state index contributed by atoms with van der Waals surface area (Å²) in [5.74, 6) is -0.670. The number of esters is 1. The summed E-state index contributed by atoms with van der Waals surface area (Å²) in [4.78, 5) is 11.5. The number of nitrogens with zero attached hydrogens (tertiary/aromatic N) is 2. The highest BCUT2D eigenvalue weighted by atomic mass is 16.5. The molecular formula is C20H16N2O3. The monoisotopic (exact) mass is 332 g/mol. The lowest BCUT2D eigenvalue weighted by atomic mass is 10.1. The Balaban J connectivity index is 1.79. The molecule has 0 aliphatic carbocycles. The summed E-state index contributed by atoms with van der Waals surface area (Å²) in [6.07, 6.45) is 3.43. The summed E-state index contributed by atoms with van der Waals surface area (Å²) in [6, 6.07) is 19.7. The first kappa shape index (κ1) is 16.4. The van der Waals surface area contributed by atoms with Crippen LogP contribution in [0, 0.1) is 0 Å². The lowest BCUT2D eigenvalue weighted by molar-refractivity contribution is -0.681. The average molecular weight is 332 g/mol. The molecule has 5 nitrogen and oxygen atoms in total. The summed E-state index contributed by atoms with van der Waals surface area (Å²) >= 11 is 0. The minimum Gasteiger partial charge on any atom is -0.854 e. The predicted octanol–water partition coefficient (Wildman–Crippen LogP) is 2.00. The van der Waals surface area contributed by atoms with Crippen molar-refractivity contribution in [2.45, 2.75) is 0 Å². The number of benzene rings is 2. The van der Waals surface area contributed by atoms with E-state index in [2.05, 4.69) is 9.84 Å². The summed E-state index contributed by atoms with van der Waals surface area (Å²) < 4.78 is 6.16. The van der Waals surface area contributed by atoms with Crippen LogP contribution in [-0.4, -0.2) is 19.0 Å². The van der Waals surface area contributed by atoms with Crippen LogP contribution in [0.1, 0.15) is 15.9 Å². The van der Waals surface area contributed by atoms with Crippen molar-refractivity contribution in [3.8, 4) is 11.1 Å². The van der Waals surface area contributed by atoms with Crippen LogP contribution in [0.3, 0.4) is 0 Å². The summed E-state index contributed by atoms with van der Waals surface area (Å²) in [5.41, 5.74) is 2.95. The van der Waals surface area contributed by atoms with Gasteiger partial charge in [0.2, 0.25) is 12.4 Å². The highest BCUT2D eigenvalue weighted by molar-refractivity contribution is 5.90. The van der Waals surface area contributed by atoms with Gasteiger partial charge >= 0.3 is 5.97 Å². The smallest absolute Gasteiger partial charge is 0.337 e. The van der Waals surface area contributed by atoms with E-state index in [1.54, 1.807) is 48.8 Å². The highest BCUT2D eigenvalue weighted by Gasteiger charge is 2.06. The quantitative estimate of drug-likeness (QED) is 0.318. The van der Waals surface area contributed by atoms with Crippen molar-refractivity contribution in [3.63, 3.8) is 0 Å². The van der Waals surface area contributed by atoms with E-state index in [4.69, 9.17) is 0 Å². The maximum absolute atomic E-state index is 12.1. The van der Waals surface area contributed by atoms with Crippen molar-refractivity contribution in [2.75, 3.05) is 7.11 Å². The molecule has 0 radical (unpaired) electrons. The minimum atomic E-state index is -0.365. The van der Waals surface area contributed by atoms with E-state index >= 15 is 0 Å². The maximum atomic E-state index is 12.1. The maximum Gasteiger partial charge on any atom is 0.337 e. The highest BCUT2D eigenvalue weighted by Crippen LogP contribution is 2.18. The second-order valence-corrected chi connectivity index (χ2v) is 5.31. The molecule has 0 unspecified atom stereocenters. The van der Waals surface area contributed by atoms with Gasteiger partial charge in [-0.15, -0.1) is 0 Å². The molecule has 0 saturated carbocycles. The van der Waals surface area contributed by atoms with E-state index in [1.165, 1.54) is 11.8 Å². The fourth-order valence-electron chi connectivity index (χ4n) is 2.34. The molecule has 1 heterocycles. The molecule has 3 aromatic rings. The molecule has 5 heteroatoms. The fourth-order valence-corrected chi connectivity index (χ4v) is 2.34. The SMILES string of the molecule is COC(=O)c1ccc(-c2cc[n+](/N=C(/[O-])c3ccccc3)cc2)cc1. The number of hydrogen-bond acceptors (Lipinski definition) is 4. The predicted molar refractivity (Wildman–Crippen MR) is 91.8 cm³/mol. The van der Waals surface area contributed by atoms with Gasteiger partial charge < -0.3 is 9.84 Å². The van der Waals surface area contributed by atoms with Crippen LogP contribution in [-0.2, 0) is 4.74 Å². The van der Waals surface area contributed by atoms with Crippen molar-refractivity contribution in [3.05, 3.63) is 90.3 Å². The number of hydrogen-bond donors (Lipinski definition) is 0. The van der Waals surface area contributed by atoms with Gasteiger partial charge in [-0.05, 0) is 33.9 Å². The Hall–Kier alpha value is -3.47. The number of aromatic nitrogens is 1. The van der Waals surface area contributed by atoms with Crippen LogP contribution < -0.4 is 9.78 Å². The zero-order chi connectivity index (χ0) is 17.6. The standard InChI is InChI=1S/C20H16N2O3/c1-25-20(24)18-9-7-15(8-10-18)16-11-13-22(14-12-16)21-19(23)17-5-3-2-4-6-17/h2-14H,1H3. The van der Waals surface area contributed by atoms with Crippen LogP contribution in [0.2, 0.25) is 0 Å². The van der Waals surface area contributed by atoms with Crippen LogP contribution >= 0.6 is 0 Å². The van der Waals surface area contributed by atoms with Crippen molar-refractivity contribution in [1.29, 1.82) is 0 Å². The molecule has 0 bridgehead atoms. The van der Waals surface area contributed by atoms with Crippen LogP contribution in [0.25, 0.3) is 11.1 Å². The summed E-state index contributed by atoms with van der Waals surface area (Å²) in [7, 11) is 1.35. The Labute approximate surface area is 145 Å². The van der Waals surface area contributed by atoms with E-state index in [1.807, 2.05) is 30.3 Å². The molecular weight excluding hydrogens is 316 g/mol. The Morgan fingerprint density at radius 2 is 1.48 bits per heavy atom. The fraction of sp³-hybridized carbons (Fsp3) is 0.0500. The zero-order valence-corrected chi connectivity index (χ0v) is 13.6. The third-order valence-corrected chi connectivity index (χ3v) is 3.68. The molecule has 0 fully saturated rings. The number of pyridine rings is 1. The summed E-state index contributed by atoms with van der Waals surface area (Å²) in [6.45, 7) is 0. The molecule has 25 heavy (non-hydrogen) atoms. The van der Waals surface area contributed by atoms with Gasteiger partial charge in [-0.2, -0.15) is 0 Å². The first-order valence-electron chi connectivity index (χ1n) is 7.69. The third kappa shape index (κ3) is 3.90. The third-order valence-electron chi connectivity index (χ3n) is 3.68. The summed E-state index contributed by atoms with van der Waals surface area (Å²) in [5, 5.41) is 16.1. The molecule has 0 N–H and O–H groups in total. The van der Waals surface area contributed by atoms with Crippen molar-refractivity contribution in [2.24, 2.45) is 5.10 Å². The minimum absolute atomic E-state index is 0.305. The van der Waals surface area contributed by atoms with E-state index in [0.29, 0.717) is 11.1 Å². The molecule has 0 atom stereocenters. The Morgan fingerprint density at radius 1 is 0.880 bits per heavy atom.